The van der Waals surface area contributed by atoms with Gasteiger partial charge in [0.2, 0.25) is 5.91 Å². The number of piperazine rings is 1. The molecule has 0 saturated carbocycles. The van der Waals surface area contributed by atoms with Crippen molar-refractivity contribution >= 4 is 33.2 Å². The Labute approximate surface area is 176 Å². The molecule has 0 radical (unpaired) electrons. The second-order valence-electron chi connectivity index (χ2n) is 6.85. The molecule has 0 atom stereocenters. The molecule has 0 bridgehead atoms. The Morgan fingerprint density at radius 2 is 1.62 bits per heavy atom. The van der Waals surface area contributed by atoms with Gasteiger partial charge in [0, 0.05) is 31.2 Å². The average Bonchev–Trinajstić information content (AvgIpc) is 2.73. The predicted octanol–water partition coefficient (Wildman–Crippen LogP) is 2.32. The molecule has 1 aliphatic heterocycles. The van der Waals surface area contributed by atoms with Gasteiger partial charge in [0.25, 0.3) is 10.0 Å². The highest BCUT2D eigenvalue weighted by Crippen LogP contribution is 2.26. The summed E-state index contributed by atoms with van der Waals surface area (Å²) in [6.45, 7) is 2.40. The van der Waals surface area contributed by atoms with Crippen LogP contribution in [0, 0.1) is 0 Å². The van der Waals surface area contributed by atoms with E-state index in [9.17, 15) is 13.2 Å². The third-order valence-electron chi connectivity index (χ3n) is 4.90. The number of rotatable bonds is 6. The number of ether oxygens (including phenoxy) is 1. The summed E-state index contributed by atoms with van der Waals surface area (Å²) in [6, 6.07) is 12.5. The molecule has 9 heteroatoms. The molecule has 1 heterocycles. The Balaban J connectivity index is 1.91. The number of methoxy groups -OCH3 is 1. The van der Waals surface area contributed by atoms with Gasteiger partial charge in [-0.15, -0.1) is 0 Å². The first kappa shape index (κ1) is 21.4. The zero-order valence-electron chi connectivity index (χ0n) is 16.4. The van der Waals surface area contributed by atoms with Crippen molar-refractivity contribution in [1.29, 1.82) is 0 Å². The zero-order chi connectivity index (χ0) is 21.0. The van der Waals surface area contributed by atoms with Crippen molar-refractivity contribution in [1.82, 2.24) is 9.80 Å². The molecule has 0 aliphatic carbocycles. The van der Waals surface area contributed by atoms with Crippen molar-refractivity contribution in [2.24, 2.45) is 0 Å². The van der Waals surface area contributed by atoms with E-state index in [1.54, 1.807) is 41.3 Å². The fraction of sp³-hybridized carbons (Fsp3) is 0.350. The maximum atomic E-state index is 13.4. The van der Waals surface area contributed by atoms with Gasteiger partial charge >= 0.3 is 0 Å². The molecule has 1 amide bonds. The Hall–Kier alpha value is -2.29. The van der Waals surface area contributed by atoms with Crippen molar-refractivity contribution in [3.63, 3.8) is 0 Å². The van der Waals surface area contributed by atoms with Crippen LogP contribution in [0.4, 0.5) is 5.69 Å². The van der Waals surface area contributed by atoms with Gasteiger partial charge in [0.15, 0.2) is 0 Å². The first-order valence-electron chi connectivity index (χ1n) is 9.20. The SMILES string of the molecule is COc1ccc(S(=O)(=O)N(CC(=O)N2CCN(C)CC2)c2ccc(Cl)cc2)cc1. The average molecular weight is 438 g/mol. The van der Waals surface area contributed by atoms with Crippen LogP contribution in [-0.2, 0) is 14.8 Å². The third kappa shape index (κ3) is 5.01. The van der Waals surface area contributed by atoms with E-state index in [1.807, 2.05) is 7.05 Å². The van der Waals surface area contributed by atoms with Gasteiger partial charge in [-0.1, -0.05) is 11.6 Å². The van der Waals surface area contributed by atoms with E-state index in [1.165, 1.54) is 19.2 Å². The van der Waals surface area contributed by atoms with Gasteiger partial charge in [-0.2, -0.15) is 0 Å². The lowest BCUT2D eigenvalue weighted by atomic mass is 10.3. The van der Waals surface area contributed by atoms with Crippen molar-refractivity contribution in [2.75, 3.05) is 51.2 Å². The Kier molecular flexibility index (Phi) is 6.66. The molecule has 0 unspecified atom stereocenters. The zero-order valence-corrected chi connectivity index (χ0v) is 18.0. The fourth-order valence-electron chi connectivity index (χ4n) is 3.08. The van der Waals surface area contributed by atoms with Crippen molar-refractivity contribution in [3.05, 3.63) is 53.6 Å². The molecule has 0 spiro atoms. The molecule has 0 aromatic heterocycles. The molecule has 156 valence electrons. The smallest absolute Gasteiger partial charge is 0.264 e. The second-order valence-corrected chi connectivity index (χ2v) is 9.15. The van der Waals surface area contributed by atoms with Crippen molar-refractivity contribution in [3.8, 4) is 5.75 Å². The molecule has 3 rings (SSSR count). The number of benzene rings is 2. The van der Waals surface area contributed by atoms with Crippen LogP contribution >= 0.6 is 11.6 Å². The lowest BCUT2D eigenvalue weighted by molar-refractivity contribution is -0.131. The topological polar surface area (TPSA) is 70.2 Å². The van der Waals surface area contributed by atoms with E-state index >= 15 is 0 Å². The van der Waals surface area contributed by atoms with Gasteiger partial charge in [0.1, 0.15) is 12.3 Å². The molecule has 7 nitrogen and oxygen atoms in total. The van der Waals surface area contributed by atoms with E-state index in [0.717, 1.165) is 17.4 Å². The van der Waals surface area contributed by atoms with Gasteiger partial charge in [-0.25, -0.2) is 8.42 Å². The summed E-state index contributed by atoms with van der Waals surface area (Å²) < 4.78 is 33.0. The monoisotopic (exact) mass is 437 g/mol. The molecule has 1 saturated heterocycles. The van der Waals surface area contributed by atoms with E-state index in [-0.39, 0.29) is 17.3 Å². The quantitative estimate of drug-likeness (QED) is 0.693. The van der Waals surface area contributed by atoms with Gasteiger partial charge < -0.3 is 14.5 Å². The Morgan fingerprint density at radius 1 is 1.03 bits per heavy atom. The highest BCUT2D eigenvalue weighted by molar-refractivity contribution is 7.92. The summed E-state index contributed by atoms with van der Waals surface area (Å²) in [7, 11) is -0.452. The standard InChI is InChI=1S/C20H24ClN3O4S/c1-22-11-13-23(14-12-22)20(25)15-24(17-5-3-16(21)4-6-17)29(26,27)19-9-7-18(28-2)8-10-19/h3-10H,11-15H2,1-2H3. The number of amides is 1. The summed E-state index contributed by atoms with van der Waals surface area (Å²) in [4.78, 5) is 16.8. The van der Waals surface area contributed by atoms with Crippen molar-refractivity contribution < 1.29 is 17.9 Å². The van der Waals surface area contributed by atoms with Gasteiger partial charge in [-0.05, 0) is 55.6 Å². The second kappa shape index (κ2) is 9.02. The van der Waals surface area contributed by atoms with Crippen LogP contribution in [0.25, 0.3) is 0 Å². The highest BCUT2D eigenvalue weighted by atomic mass is 35.5. The molecule has 2 aromatic rings. The maximum absolute atomic E-state index is 13.4. The number of hydrogen-bond donors (Lipinski definition) is 0. The summed E-state index contributed by atoms with van der Waals surface area (Å²) >= 11 is 5.96. The number of carbonyl (C=O) groups is 1. The molecule has 1 aliphatic rings. The van der Waals surface area contributed by atoms with Crippen LogP contribution in [0.2, 0.25) is 5.02 Å². The van der Waals surface area contributed by atoms with Crippen LogP contribution < -0.4 is 9.04 Å². The summed E-state index contributed by atoms with van der Waals surface area (Å²) in [5.74, 6) is 0.320. The summed E-state index contributed by atoms with van der Waals surface area (Å²) in [5, 5.41) is 0.487. The number of carbonyl (C=O) groups excluding carboxylic acids is 1. The lowest BCUT2D eigenvalue weighted by Crippen LogP contribution is -2.50. The van der Waals surface area contributed by atoms with E-state index < -0.39 is 10.0 Å². The van der Waals surface area contributed by atoms with Crippen molar-refractivity contribution in [2.45, 2.75) is 4.90 Å². The van der Waals surface area contributed by atoms with E-state index in [0.29, 0.717) is 29.5 Å². The first-order chi connectivity index (χ1) is 13.8. The Bertz CT molecular complexity index is 941. The molecular weight excluding hydrogens is 414 g/mol. The number of nitrogens with zero attached hydrogens (tertiary/aromatic N) is 3. The van der Waals surface area contributed by atoms with Crippen LogP contribution in [-0.4, -0.2) is 71.0 Å². The van der Waals surface area contributed by atoms with Crippen LogP contribution in [0.5, 0.6) is 5.75 Å². The number of sulfonamides is 1. The molecule has 2 aromatic carbocycles. The minimum absolute atomic E-state index is 0.0828. The first-order valence-corrected chi connectivity index (χ1v) is 11.0. The normalized spacial score (nSPS) is 15.2. The largest absolute Gasteiger partial charge is 0.497 e. The minimum Gasteiger partial charge on any atom is -0.497 e. The van der Waals surface area contributed by atoms with Crippen LogP contribution in [0.3, 0.4) is 0 Å². The number of hydrogen-bond acceptors (Lipinski definition) is 5. The summed E-state index contributed by atoms with van der Waals surface area (Å²) in [5.41, 5.74) is 0.382. The number of anilines is 1. The molecular formula is C20H24ClN3O4S. The van der Waals surface area contributed by atoms with E-state index in [4.69, 9.17) is 16.3 Å². The van der Waals surface area contributed by atoms with Gasteiger partial charge in [0.05, 0.1) is 17.7 Å². The van der Waals surface area contributed by atoms with Crippen LogP contribution in [0.15, 0.2) is 53.4 Å². The lowest BCUT2D eigenvalue weighted by Gasteiger charge is -2.34. The molecule has 1 fully saturated rings. The van der Waals surface area contributed by atoms with Gasteiger partial charge in [-0.3, -0.25) is 9.10 Å². The fourth-order valence-corrected chi connectivity index (χ4v) is 4.62. The molecule has 0 N–H and O–H groups in total. The minimum atomic E-state index is -3.96. The van der Waals surface area contributed by atoms with E-state index in [2.05, 4.69) is 4.90 Å². The Morgan fingerprint density at radius 3 is 2.17 bits per heavy atom. The molecule has 29 heavy (non-hydrogen) atoms. The maximum Gasteiger partial charge on any atom is 0.264 e. The predicted molar refractivity (Wildman–Crippen MR) is 113 cm³/mol. The number of likely N-dealkylation sites (N-methyl/N-ethyl adjacent to an activating group) is 1. The highest BCUT2D eigenvalue weighted by Gasteiger charge is 2.30. The third-order valence-corrected chi connectivity index (χ3v) is 6.94. The number of halogens is 1. The van der Waals surface area contributed by atoms with Crippen LogP contribution in [0.1, 0.15) is 0 Å². The summed E-state index contributed by atoms with van der Waals surface area (Å²) in [6.07, 6.45) is 0.